The molecule has 0 fully saturated rings. The molecule has 3 N–H and O–H groups in total. The Balaban J connectivity index is 1.51. The summed E-state index contributed by atoms with van der Waals surface area (Å²) in [6.45, 7) is 1.88. The van der Waals surface area contributed by atoms with E-state index >= 15 is 0 Å². The predicted molar refractivity (Wildman–Crippen MR) is 111 cm³/mol. The quantitative estimate of drug-likeness (QED) is 0.306. The summed E-state index contributed by atoms with van der Waals surface area (Å²) in [7, 11) is 1.62. The van der Waals surface area contributed by atoms with E-state index in [4.69, 9.17) is 4.74 Å². The summed E-state index contributed by atoms with van der Waals surface area (Å²) >= 11 is 1.23. The van der Waals surface area contributed by atoms with Crippen LogP contribution < -0.4 is 15.5 Å². The van der Waals surface area contributed by atoms with Gasteiger partial charge in [0.1, 0.15) is 5.75 Å². The highest BCUT2D eigenvalue weighted by molar-refractivity contribution is 7.99. The molecule has 1 heterocycles. The number of hydrogen-bond donors (Lipinski definition) is 3. The van der Waals surface area contributed by atoms with Crippen LogP contribution in [-0.4, -0.2) is 39.7 Å². The molecule has 0 atom stereocenters. The summed E-state index contributed by atoms with van der Waals surface area (Å²) in [5, 5.41) is 14.4. The number of benzene rings is 2. The number of ether oxygens (including phenoxy) is 1. The van der Waals surface area contributed by atoms with Gasteiger partial charge in [-0.3, -0.25) is 4.79 Å². The Morgan fingerprint density at radius 1 is 1.21 bits per heavy atom. The number of rotatable bonds is 8. The highest BCUT2D eigenvalue weighted by Gasteiger charge is 2.08. The summed E-state index contributed by atoms with van der Waals surface area (Å²) in [5.74, 6) is 1.24. The van der Waals surface area contributed by atoms with E-state index in [-0.39, 0.29) is 11.7 Å². The van der Waals surface area contributed by atoms with Crippen molar-refractivity contribution in [3.8, 4) is 5.75 Å². The van der Waals surface area contributed by atoms with Gasteiger partial charge in [0.15, 0.2) is 0 Å². The van der Waals surface area contributed by atoms with Crippen LogP contribution in [0, 0.1) is 0 Å². The molecular formula is C19H20N6O2S. The fourth-order valence-corrected chi connectivity index (χ4v) is 2.86. The molecule has 2 aromatic carbocycles. The molecule has 1 aromatic heterocycles. The zero-order valence-corrected chi connectivity index (χ0v) is 16.3. The fourth-order valence-electron chi connectivity index (χ4n) is 2.26. The number of nitrogens with one attached hydrogen (secondary N) is 3. The maximum Gasteiger partial charge on any atom is 0.240 e. The summed E-state index contributed by atoms with van der Waals surface area (Å²) in [5.41, 5.74) is 5.29. The van der Waals surface area contributed by atoms with Crippen LogP contribution in [0.15, 0.2) is 64.9 Å². The van der Waals surface area contributed by atoms with Crippen molar-refractivity contribution in [3.63, 3.8) is 0 Å². The predicted octanol–water partition coefficient (Wildman–Crippen LogP) is 3.38. The highest BCUT2D eigenvalue weighted by Crippen LogP contribution is 2.16. The minimum absolute atomic E-state index is 0.123. The summed E-state index contributed by atoms with van der Waals surface area (Å²) < 4.78 is 5.22. The van der Waals surface area contributed by atoms with E-state index in [1.807, 2.05) is 61.5 Å². The largest absolute Gasteiger partial charge is 0.497 e. The van der Waals surface area contributed by atoms with Crippen LogP contribution in [0.4, 0.5) is 11.6 Å². The second kappa shape index (κ2) is 9.56. The second-order valence-electron chi connectivity index (χ2n) is 5.71. The number of H-pyrrole nitrogens is 1. The van der Waals surface area contributed by atoms with E-state index in [1.54, 1.807) is 7.11 Å². The van der Waals surface area contributed by atoms with Crippen molar-refractivity contribution >= 4 is 35.0 Å². The number of hydrazone groups is 1. The number of nitrogens with zero attached hydrogens (tertiary/aromatic N) is 3. The maximum absolute atomic E-state index is 12.0. The lowest BCUT2D eigenvalue weighted by atomic mass is 10.1. The zero-order valence-electron chi connectivity index (χ0n) is 15.5. The minimum atomic E-state index is -0.123. The molecule has 28 heavy (non-hydrogen) atoms. The molecule has 1 amide bonds. The van der Waals surface area contributed by atoms with Crippen molar-refractivity contribution in [2.24, 2.45) is 5.10 Å². The SMILES string of the molecule is COc1cccc(/C(C)=N/Nc2nc(SCC(=O)Nc3ccccc3)n[nH]2)c1. The number of para-hydroxylation sites is 1. The van der Waals surface area contributed by atoms with Crippen LogP contribution in [0.3, 0.4) is 0 Å². The van der Waals surface area contributed by atoms with E-state index in [1.165, 1.54) is 11.8 Å². The first kappa shape index (κ1) is 19.4. The number of aromatic amines is 1. The van der Waals surface area contributed by atoms with Crippen molar-refractivity contribution < 1.29 is 9.53 Å². The number of hydrogen-bond acceptors (Lipinski definition) is 7. The molecule has 0 radical (unpaired) electrons. The molecule has 0 aliphatic carbocycles. The average Bonchev–Trinajstić information content (AvgIpc) is 3.19. The summed E-state index contributed by atoms with van der Waals surface area (Å²) in [6, 6.07) is 16.9. The van der Waals surface area contributed by atoms with E-state index in [2.05, 4.69) is 31.0 Å². The van der Waals surface area contributed by atoms with Crippen LogP contribution in [0.25, 0.3) is 0 Å². The van der Waals surface area contributed by atoms with Gasteiger partial charge in [0.05, 0.1) is 18.6 Å². The molecule has 0 bridgehead atoms. The lowest BCUT2D eigenvalue weighted by Gasteiger charge is -2.04. The first-order valence-corrected chi connectivity index (χ1v) is 9.47. The van der Waals surface area contributed by atoms with Crippen LogP contribution in [0.1, 0.15) is 12.5 Å². The number of carbonyl (C=O) groups is 1. The van der Waals surface area contributed by atoms with Gasteiger partial charge in [-0.1, -0.05) is 42.1 Å². The number of aromatic nitrogens is 3. The molecule has 144 valence electrons. The third kappa shape index (κ3) is 5.58. The Morgan fingerprint density at radius 2 is 2.04 bits per heavy atom. The second-order valence-corrected chi connectivity index (χ2v) is 6.65. The first-order valence-electron chi connectivity index (χ1n) is 8.49. The van der Waals surface area contributed by atoms with Gasteiger partial charge in [0.2, 0.25) is 17.0 Å². The maximum atomic E-state index is 12.0. The Kier molecular flexibility index (Phi) is 6.64. The third-order valence-corrected chi connectivity index (χ3v) is 4.52. The molecule has 0 aliphatic heterocycles. The summed E-state index contributed by atoms with van der Waals surface area (Å²) in [6.07, 6.45) is 0. The van der Waals surface area contributed by atoms with E-state index in [0.29, 0.717) is 11.1 Å². The smallest absolute Gasteiger partial charge is 0.240 e. The van der Waals surface area contributed by atoms with Gasteiger partial charge >= 0.3 is 0 Å². The molecule has 0 saturated carbocycles. The molecule has 3 aromatic rings. The molecule has 3 rings (SSSR count). The molecule has 9 heteroatoms. The van der Waals surface area contributed by atoms with Gasteiger partial charge in [-0.15, -0.1) is 5.10 Å². The van der Waals surface area contributed by atoms with Gasteiger partial charge < -0.3 is 10.1 Å². The van der Waals surface area contributed by atoms with Gasteiger partial charge in [0.25, 0.3) is 0 Å². The van der Waals surface area contributed by atoms with E-state index in [9.17, 15) is 4.79 Å². The Labute approximate surface area is 166 Å². The lowest BCUT2D eigenvalue weighted by Crippen LogP contribution is -2.13. The molecule has 0 spiro atoms. The van der Waals surface area contributed by atoms with Crippen molar-refractivity contribution in [2.75, 3.05) is 23.6 Å². The van der Waals surface area contributed by atoms with Crippen molar-refractivity contribution in [1.82, 2.24) is 15.2 Å². The lowest BCUT2D eigenvalue weighted by molar-refractivity contribution is -0.113. The number of amides is 1. The van der Waals surface area contributed by atoms with Crippen molar-refractivity contribution in [1.29, 1.82) is 0 Å². The van der Waals surface area contributed by atoms with Crippen molar-refractivity contribution in [3.05, 3.63) is 60.2 Å². The van der Waals surface area contributed by atoms with Gasteiger partial charge in [0, 0.05) is 11.3 Å². The Bertz CT molecular complexity index is 958. The highest BCUT2D eigenvalue weighted by atomic mass is 32.2. The van der Waals surface area contributed by atoms with E-state index < -0.39 is 0 Å². The van der Waals surface area contributed by atoms with Crippen LogP contribution in [0.2, 0.25) is 0 Å². The monoisotopic (exact) mass is 396 g/mol. The topological polar surface area (TPSA) is 104 Å². The molecular weight excluding hydrogens is 376 g/mol. The standard InChI is InChI=1S/C19H20N6O2S/c1-13(14-7-6-10-16(11-14)27-2)22-23-18-21-19(25-24-18)28-12-17(26)20-15-8-4-3-5-9-15/h3-11H,12H2,1-2H3,(H,20,26)(H2,21,23,24,25)/b22-13+. The average molecular weight is 396 g/mol. The van der Waals surface area contributed by atoms with Crippen molar-refractivity contribution in [2.45, 2.75) is 12.1 Å². The third-order valence-electron chi connectivity index (χ3n) is 3.67. The molecule has 0 unspecified atom stereocenters. The fraction of sp³-hybridized carbons (Fsp3) is 0.158. The van der Waals surface area contributed by atoms with Crippen LogP contribution in [-0.2, 0) is 4.79 Å². The number of anilines is 2. The normalized spacial score (nSPS) is 11.1. The van der Waals surface area contributed by atoms with Crippen LogP contribution >= 0.6 is 11.8 Å². The first-order chi connectivity index (χ1) is 13.6. The molecule has 8 nitrogen and oxygen atoms in total. The Morgan fingerprint density at radius 3 is 2.82 bits per heavy atom. The van der Waals surface area contributed by atoms with Gasteiger partial charge in [-0.25, -0.2) is 10.5 Å². The molecule has 0 aliphatic rings. The minimum Gasteiger partial charge on any atom is -0.497 e. The number of carbonyl (C=O) groups excluding carboxylic acids is 1. The molecule has 0 saturated heterocycles. The zero-order chi connectivity index (χ0) is 19.8. The van der Waals surface area contributed by atoms with Crippen LogP contribution in [0.5, 0.6) is 5.75 Å². The number of methoxy groups -OCH3 is 1. The number of thioether (sulfide) groups is 1. The van der Waals surface area contributed by atoms with Gasteiger partial charge in [-0.2, -0.15) is 10.1 Å². The van der Waals surface area contributed by atoms with E-state index in [0.717, 1.165) is 22.7 Å². The Hall–Kier alpha value is -3.33. The summed E-state index contributed by atoms with van der Waals surface area (Å²) in [4.78, 5) is 16.2. The van der Waals surface area contributed by atoms with Gasteiger partial charge in [-0.05, 0) is 31.2 Å².